The number of methoxy groups -OCH3 is 1. The van der Waals surface area contributed by atoms with Crippen LogP contribution in [0.25, 0.3) is 0 Å². The monoisotopic (exact) mass is 317 g/mol. The second-order valence-corrected chi connectivity index (χ2v) is 6.62. The topological polar surface area (TPSA) is 21.3 Å². The molecule has 0 aliphatic rings. The Balaban J connectivity index is 2.63. The van der Waals surface area contributed by atoms with Crippen molar-refractivity contribution in [3.8, 4) is 0 Å². The molecule has 0 aliphatic carbocycles. The van der Waals surface area contributed by atoms with Crippen molar-refractivity contribution < 1.29 is 4.74 Å². The summed E-state index contributed by atoms with van der Waals surface area (Å²) in [6.45, 7) is 6.96. The molecule has 17 heavy (non-hydrogen) atoms. The smallest absolute Gasteiger partial charge is 0.0587 e. The predicted octanol–water partition coefficient (Wildman–Crippen LogP) is 3.69. The van der Waals surface area contributed by atoms with Gasteiger partial charge in [-0.1, -0.05) is 29.8 Å². The van der Waals surface area contributed by atoms with Crippen LogP contribution in [0.3, 0.4) is 0 Å². The lowest BCUT2D eigenvalue weighted by molar-refractivity contribution is 0.199. The first kappa shape index (κ1) is 15.0. The highest BCUT2D eigenvalue weighted by Crippen LogP contribution is 2.28. The van der Waals surface area contributed by atoms with E-state index in [0.29, 0.717) is 5.25 Å². The first-order valence-electron chi connectivity index (χ1n) is 5.78. The minimum atomic E-state index is 0.605. The van der Waals surface area contributed by atoms with Gasteiger partial charge in [-0.05, 0) is 23.8 Å². The Hall–Kier alpha value is -0.0300. The summed E-state index contributed by atoms with van der Waals surface area (Å²) in [5.74, 6) is 0. The zero-order valence-corrected chi connectivity index (χ0v) is 13.0. The van der Waals surface area contributed by atoms with Crippen LogP contribution >= 0.6 is 27.7 Å². The zero-order valence-electron chi connectivity index (χ0n) is 10.6. The average Bonchev–Trinajstić information content (AvgIpc) is 2.27. The third kappa shape index (κ3) is 5.91. The van der Waals surface area contributed by atoms with E-state index in [0.717, 1.165) is 24.2 Å². The van der Waals surface area contributed by atoms with Crippen LogP contribution < -0.4 is 5.32 Å². The summed E-state index contributed by atoms with van der Waals surface area (Å²) in [6.07, 6.45) is 0. The van der Waals surface area contributed by atoms with Gasteiger partial charge in [-0.2, -0.15) is 0 Å². The molecule has 1 aromatic rings. The molecule has 0 saturated carbocycles. The van der Waals surface area contributed by atoms with Gasteiger partial charge in [-0.25, -0.2) is 0 Å². The molecule has 0 spiro atoms. The molecule has 0 bridgehead atoms. The van der Waals surface area contributed by atoms with Gasteiger partial charge >= 0.3 is 0 Å². The highest BCUT2D eigenvalue weighted by atomic mass is 79.9. The minimum Gasteiger partial charge on any atom is -0.383 e. The van der Waals surface area contributed by atoms with Crippen LogP contribution in [0, 0.1) is 0 Å². The van der Waals surface area contributed by atoms with Gasteiger partial charge in [-0.15, -0.1) is 11.8 Å². The van der Waals surface area contributed by atoms with Crippen molar-refractivity contribution in [1.82, 2.24) is 5.32 Å². The lowest BCUT2D eigenvalue weighted by Gasteiger charge is -2.12. The highest BCUT2D eigenvalue weighted by molar-refractivity contribution is 9.10. The van der Waals surface area contributed by atoms with Crippen LogP contribution in [0.2, 0.25) is 0 Å². The molecule has 2 nitrogen and oxygen atoms in total. The van der Waals surface area contributed by atoms with E-state index < -0.39 is 0 Å². The highest BCUT2D eigenvalue weighted by Gasteiger charge is 2.05. The minimum absolute atomic E-state index is 0.605. The van der Waals surface area contributed by atoms with Gasteiger partial charge in [0, 0.05) is 34.8 Å². The summed E-state index contributed by atoms with van der Waals surface area (Å²) in [5, 5.41) is 3.99. The summed E-state index contributed by atoms with van der Waals surface area (Å²) < 4.78 is 6.15. The number of hydrogen-bond donors (Lipinski definition) is 1. The number of thioether (sulfide) groups is 1. The van der Waals surface area contributed by atoms with E-state index in [1.807, 2.05) is 11.8 Å². The van der Waals surface area contributed by atoms with Crippen LogP contribution in [0.4, 0.5) is 0 Å². The van der Waals surface area contributed by atoms with Crippen molar-refractivity contribution in [3.05, 3.63) is 28.2 Å². The van der Waals surface area contributed by atoms with Gasteiger partial charge < -0.3 is 10.1 Å². The fraction of sp³-hybridized carbons (Fsp3) is 0.538. The zero-order chi connectivity index (χ0) is 12.7. The summed E-state index contributed by atoms with van der Waals surface area (Å²) >= 11 is 5.43. The number of ether oxygens (including phenoxy) is 1. The molecule has 1 N–H and O–H groups in total. The maximum absolute atomic E-state index is 5.02. The molecule has 0 aromatic heterocycles. The standard InChI is InChI=1S/C13H20BrNOS/c1-10(2)17-13-5-4-12(14)8-11(13)9-15-6-7-16-3/h4-5,8,10,15H,6-7,9H2,1-3H3. The molecule has 4 heteroatoms. The van der Waals surface area contributed by atoms with Gasteiger partial charge in [0.2, 0.25) is 0 Å². The molecule has 0 radical (unpaired) electrons. The summed E-state index contributed by atoms with van der Waals surface area (Å²) in [7, 11) is 1.72. The Bertz CT molecular complexity index is 344. The van der Waals surface area contributed by atoms with Crippen LogP contribution in [0.1, 0.15) is 19.4 Å². The molecular weight excluding hydrogens is 298 g/mol. The Kier molecular flexibility index (Phi) is 7.19. The fourth-order valence-electron chi connectivity index (χ4n) is 1.45. The van der Waals surface area contributed by atoms with E-state index in [1.54, 1.807) is 7.11 Å². The van der Waals surface area contributed by atoms with Gasteiger partial charge in [0.15, 0.2) is 0 Å². The van der Waals surface area contributed by atoms with Crippen molar-refractivity contribution in [2.24, 2.45) is 0 Å². The number of hydrogen-bond acceptors (Lipinski definition) is 3. The molecule has 96 valence electrons. The molecule has 0 aliphatic heterocycles. The Labute approximate surface area is 117 Å². The van der Waals surface area contributed by atoms with E-state index >= 15 is 0 Å². The first-order chi connectivity index (χ1) is 8.13. The lowest BCUT2D eigenvalue weighted by Crippen LogP contribution is -2.19. The number of nitrogens with one attached hydrogen (secondary N) is 1. The SMILES string of the molecule is COCCNCc1cc(Br)ccc1SC(C)C. The Morgan fingerprint density at radius 1 is 1.41 bits per heavy atom. The quantitative estimate of drug-likeness (QED) is 0.612. The van der Waals surface area contributed by atoms with Crippen molar-refractivity contribution in [3.63, 3.8) is 0 Å². The molecule has 0 amide bonds. The average molecular weight is 318 g/mol. The normalized spacial score (nSPS) is 11.1. The molecule has 1 aromatic carbocycles. The largest absolute Gasteiger partial charge is 0.383 e. The lowest BCUT2D eigenvalue weighted by atomic mass is 10.2. The Morgan fingerprint density at radius 3 is 2.82 bits per heavy atom. The molecule has 0 fully saturated rings. The van der Waals surface area contributed by atoms with Crippen molar-refractivity contribution >= 4 is 27.7 Å². The summed E-state index contributed by atoms with van der Waals surface area (Å²) in [5.41, 5.74) is 1.34. The van der Waals surface area contributed by atoms with E-state index in [9.17, 15) is 0 Å². The van der Waals surface area contributed by atoms with E-state index in [1.165, 1.54) is 10.5 Å². The van der Waals surface area contributed by atoms with Crippen LogP contribution in [-0.2, 0) is 11.3 Å². The molecule has 0 saturated heterocycles. The Morgan fingerprint density at radius 2 is 2.18 bits per heavy atom. The van der Waals surface area contributed by atoms with Gasteiger partial charge in [0.25, 0.3) is 0 Å². The second kappa shape index (κ2) is 8.14. The third-order valence-electron chi connectivity index (χ3n) is 2.18. The number of benzene rings is 1. The predicted molar refractivity (Wildman–Crippen MR) is 78.7 cm³/mol. The molecule has 0 atom stereocenters. The van der Waals surface area contributed by atoms with Crippen molar-refractivity contribution in [2.75, 3.05) is 20.3 Å². The molecule has 0 unspecified atom stereocenters. The summed E-state index contributed by atoms with van der Waals surface area (Å²) in [6, 6.07) is 6.47. The fourth-order valence-corrected chi connectivity index (χ4v) is 2.80. The maximum atomic E-state index is 5.02. The van der Waals surface area contributed by atoms with Crippen molar-refractivity contribution in [2.45, 2.75) is 30.5 Å². The van der Waals surface area contributed by atoms with E-state index in [2.05, 4.69) is 53.3 Å². The van der Waals surface area contributed by atoms with Gasteiger partial charge in [0.1, 0.15) is 0 Å². The third-order valence-corrected chi connectivity index (χ3v) is 3.80. The number of rotatable bonds is 7. The maximum Gasteiger partial charge on any atom is 0.0587 e. The van der Waals surface area contributed by atoms with Crippen LogP contribution in [0.15, 0.2) is 27.6 Å². The van der Waals surface area contributed by atoms with Crippen LogP contribution in [-0.4, -0.2) is 25.5 Å². The second-order valence-electron chi connectivity index (χ2n) is 4.09. The van der Waals surface area contributed by atoms with E-state index in [-0.39, 0.29) is 0 Å². The first-order valence-corrected chi connectivity index (χ1v) is 7.45. The molecular formula is C13H20BrNOS. The summed E-state index contributed by atoms with van der Waals surface area (Å²) in [4.78, 5) is 1.35. The van der Waals surface area contributed by atoms with Crippen LogP contribution in [0.5, 0.6) is 0 Å². The van der Waals surface area contributed by atoms with Crippen molar-refractivity contribution in [1.29, 1.82) is 0 Å². The molecule has 1 rings (SSSR count). The van der Waals surface area contributed by atoms with Gasteiger partial charge in [-0.3, -0.25) is 0 Å². The molecule has 0 heterocycles. The number of halogens is 1. The van der Waals surface area contributed by atoms with Gasteiger partial charge in [0.05, 0.1) is 6.61 Å². The van der Waals surface area contributed by atoms with E-state index in [4.69, 9.17) is 4.74 Å².